The first-order valence-electron chi connectivity index (χ1n) is 5.55. The molecule has 0 atom stereocenters. The Labute approximate surface area is 108 Å². The number of aryl methyl sites for hydroxylation is 1. The minimum atomic E-state index is -0.706. The summed E-state index contributed by atoms with van der Waals surface area (Å²) in [5.41, 5.74) is -0.0102. The lowest BCUT2D eigenvalue weighted by molar-refractivity contribution is -0.127. The van der Waals surface area contributed by atoms with E-state index in [4.69, 9.17) is 4.74 Å². The molecule has 2 aromatic rings. The third-order valence-electron chi connectivity index (χ3n) is 2.28. The van der Waals surface area contributed by atoms with Crippen LogP contribution >= 0.6 is 0 Å². The van der Waals surface area contributed by atoms with E-state index in [2.05, 4.69) is 22.0 Å². The maximum atomic E-state index is 12.7. The Bertz CT molecular complexity index is 606. The molecule has 0 amide bonds. The van der Waals surface area contributed by atoms with Gasteiger partial charge in [-0.2, -0.15) is 4.80 Å². The van der Waals surface area contributed by atoms with Crippen molar-refractivity contribution in [2.45, 2.75) is 13.5 Å². The molecule has 1 aromatic carbocycles. The molecule has 7 heteroatoms. The number of esters is 1. The number of hydrogen-bond donors (Lipinski definition) is 0. The van der Waals surface area contributed by atoms with Crippen molar-refractivity contribution in [1.29, 1.82) is 0 Å². The van der Waals surface area contributed by atoms with Crippen LogP contribution in [0.15, 0.2) is 30.8 Å². The zero-order valence-corrected chi connectivity index (χ0v) is 10.2. The number of carbonyl (C=O) groups is 1. The van der Waals surface area contributed by atoms with Crippen LogP contribution in [0.3, 0.4) is 0 Å². The number of tetrazole rings is 1. The smallest absolute Gasteiger partial charge is 0.346 e. The second-order valence-corrected chi connectivity index (χ2v) is 3.62. The summed E-state index contributed by atoms with van der Waals surface area (Å²) in [7, 11) is 0. The first kappa shape index (κ1) is 12.9. The molecule has 6 nitrogen and oxygen atoms in total. The molecule has 0 fully saturated rings. The lowest BCUT2D eigenvalue weighted by Crippen LogP contribution is -2.11. The summed E-state index contributed by atoms with van der Waals surface area (Å²) < 4.78 is 17.7. The average Bonchev–Trinajstić information content (AvgIpc) is 2.89. The van der Waals surface area contributed by atoms with Crippen LogP contribution in [0.5, 0.6) is 5.75 Å². The number of rotatable bonds is 4. The van der Waals surface area contributed by atoms with Gasteiger partial charge < -0.3 is 4.74 Å². The number of aromatic nitrogens is 4. The zero-order chi connectivity index (χ0) is 13.8. The van der Waals surface area contributed by atoms with E-state index in [0.717, 1.165) is 0 Å². The van der Waals surface area contributed by atoms with Crippen molar-refractivity contribution in [2.75, 3.05) is 0 Å². The average molecular weight is 262 g/mol. The van der Waals surface area contributed by atoms with Gasteiger partial charge in [-0.25, -0.2) is 9.18 Å². The third-order valence-corrected chi connectivity index (χ3v) is 2.28. The van der Waals surface area contributed by atoms with Crippen LogP contribution in [0.1, 0.15) is 12.7 Å². The van der Waals surface area contributed by atoms with Gasteiger partial charge in [0.15, 0.2) is 0 Å². The van der Waals surface area contributed by atoms with E-state index in [1.807, 2.05) is 6.92 Å². The van der Waals surface area contributed by atoms with Gasteiger partial charge in [-0.15, -0.1) is 10.2 Å². The van der Waals surface area contributed by atoms with Crippen molar-refractivity contribution in [1.82, 2.24) is 20.2 Å². The highest BCUT2D eigenvalue weighted by Crippen LogP contribution is 2.15. The van der Waals surface area contributed by atoms with E-state index >= 15 is 0 Å². The van der Waals surface area contributed by atoms with E-state index in [-0.39, 0.29) is 17.1 Å². The van der Waals surface area contributed by atoms with Gasteiger partial charge in [0.05, 0.1) is 6.54 Å². The number of nitrogens with zero attached hydrogens (tertiary/aromatic N) is 4. The first-order chi connectivity index (χ1) is 9.10. The number of hydrogen-bond acceptors (Lipinski definition) is 5. The van der Waals surface area contributed by atoms with Gasteiger partial charge in [-0.1, -0.05) is 6.58 Å². The minimum absolute atomic E-state index is 0.0102. The SMILES string of the molecule is C=C(C(=O)Oc1ccc(F)cc1)c1nnn(CC)n1. The predicted molar refractivity (Wildman–Crippen MR) is 64.6 cm³/mol. The zero-order valence-electron chi connectivity index (χ0n) is 10.2. The fourth-order valence-corrected chi connectivity index (χ4v) is 1.26. The summed E-state index contributed by atoms with van der Waals surface area (Å²) in [5, 5.41) is 11.3. The number of benzene rings is 1. The molecule has 0 saturated carbocycles. The fourth-order valence-electron chi connectivity index (χ4n) is 1.26. The molecule has 0 aliphatic heterocycles. The Morgan fingerprint density at radius 1 is 1.42 bits per heavy atom. The molecular weight excluding hydrogens is 251 g/mol. The van der Waals surface area contributed by atoms with Gasteiger partial charge in [0.1, 0.15) is 17.1 Å². The molecule has 19 heavy (non-hydrogen) atoms. The lowest BCUT2D eigenvalue weighted by atomic mass is 10.3. The molecule has 0 N–H and O–H groups in total. The van der Waals surface area contributed by atoms with Crippen LogP contribution in [0, 0.1) is 5.82 Å². The summed E-state index contributed by atoms with van der Waals surface area (Å²) in [6.07, 6.45) is 0. The first-order valence-corrected chi connectivity index (χ1v) is 5.55. The Morgan fingerprint density at radius 3 is 2.68 bits per heavy atom. The van der Waals surface area contributed by atoms with Gasteiger partial charge in [-0.3, -0.25) is 0 Å². The van der Waals surface area contributed by atoms with Crippen molar-refractivity contribution in [3.8, 4) is 5.75 Å². The largest absolute Gasteiger partial charge is 0.423 e. The molecule has 0 bridgehead atoms. The van der Waals surface area contributed by atoms with Crippen LogP contribution in [0.25, 0.3) is 5.57 Å². The third kappa shape index (κ3) is 3.01. The highest BCUT2D eigenvalue weighted by atomic mass is 19.1. The summed E-state index contributed by atoms with van der Waals surface area (Å²) in [4.78, 5) is 13.1. The predicted octanol–water partition coefficient (Wildman–Crippen LogP) is 1.45. The van der Waals surface area contributed by atoms with Crippen LogP contribution in [0.4, 0.5) is 4.39 Å². The standard InChI is InChI=1S/C12H11FN4O2/c1-3-17-15-11(14-16-17)8(2)12(18)19-10-6-4-9(13)5-7-10/h4-7H,2-3H2,1H3. The Balaban J connectivity index is 2.07. The molecule has 0 spiro atoms. The van der Waals surface area contributed by atoms with E-state index in [1.165, 1.54) is 29.1 Å². The molecule has 98 valence electrons. The molecule has 1 heterocycles. The van der Waals surface area contributed by atoms with Gasteiger partial charge in [0, 0.05) is 0 Å². The lowest BCUT2D eigenvalue weighted by Gasteiger charge is -2.03. The van der Waals surface area contributed by atoms with Crippen molar-refractivity contribution in [3.63, 3.8) is 0 Å². The Kier molecular flexibility index (Phi) is 3.65. The van der Waals surface area contributed by atoms with Crippen LogP contribution in [-0.4, -0.2) is 26.2 Å². The van der Waals surface area contributed by atoms with Crippen LogP contribution < -0.4 is 4.74 Å². The number of halogens is 1. The molecule has 0 radical (unpaired) electrons. The van der Waals surface area contributed by atoms with E-state index in [0.29, 0.717) is 6.54 Å². The summed E-state index contributed by atoms with van der Waals surface area (Å²) in [6.45, 7) is 5.93. The molecule has 0 unspecified atom stereocenters. The summed E-state index contributed by atoms with van der Waals surface area (Å²) in [5.74, 6) is -0.794. The Morgan fingerprint density at radius 2 is 2.11 bits per heavy atom. The van der Waals surface area contributed by atoms with E-state index in [9.17, 15) is 9.18 Å². The summed E-state index contributed by atoms with van der Waals surface area (Å²) >= 11 is 0. The minimum Gasteiger partial charge on any atom is -0.423 e. The van der Waals surface area contributed by atoms with Crippen molar-refractivity contribution >= 4 is 11.5 Å². The van der Waals surface area contributed by atoms with Crippen molar-refractivity contribution < 1.29 is 13.9 Å². The molecule has 2 rings (SSSR count). The van der Waals surface area contributed by atoms with Gasteiger partial charge >= 0.3 is 5.97 Å². The van der Waals surface area contributed by atoms with Gasteiger partial charge in [-0.05, 0) is 36.4 Å². The fraction of sp³-hybridized carbons (Fsp3) is 0.167. The molecular formula is C12H11FN4O2. The van der Waals surface area contributed by atoms with E-state index in [1.54, 1.807) is 0 Å². The van der Waals surface area contributed by atoms with Crippen molar-refractivity contribution in [3.05, 3.63) is 42.5 Å². The highest BCUT2D eigenvalue weighted by molar-refractivity contribution is 6.15. The number of carbonyl (C=O) groups excluding carboxylic acids is 1. The Hall–Kier alpha value is -2.57. The molecule has 1 aromatic heterocycles. The van der Waals surface area contributed by atoms with Crippen molar-refractivity contribution in [2.24, 2.45) is 0 Å². The van der Waals surface area contributed by atoms with Gasteiger partial charge in [0.2, 0.25) is 5.82 Å². The molecule has 0 aliphatic carbocycles. The normalized spacial score (nSPS) is 10.2. The van der Waals surface area contributed by atoms with Crippen LogP contribution in [0.2, 0.25) is 0 Å². The second-order valence-electron chi connectivity index (χ2n) is 3.62. The monoisotopic (exact) mass is 262 g/mol. The van der Waals surface area contributed by atoms with Crippen LogP contribution in [-0.2, 0) is 11.3 Å². The topological polar surface area (TPSA) is 69.9 Å². The maximum Gasteiger partial charge on any atom is 0.346 e. The quantitative estimate of drug-likeness (QED) is 0.474. The van der Waals surface area contributed by atoms with E-state index < -0.39 is 11.8 Å². The molecule has 0 aliphatic rings. The maximum absolute atomic E-state index is 12.7. The second kappa shape index (κ2) is 5.38. The molecule has 0 saturated heterocycles. The van der Waals surface area contributed by atoms with Gasteiger partial charge in [0.25, 0.3) is 0 Å². The number of ether oxygens (including phenoxy) is 1. The highest BCUT2D eigenvalue weighted by Gasteiger charge is 2.17. The summed E-state index contributed by atoms with van der Waals surface area (Å²) in [6, 6.07) is 5.07.